The Morgan fingerprint density at radius 1 is 1.26 bits per heavy atom. The number of pyridine rings is 1. The van der Waals surface area contributed by atoms with E-state index in [4.69, 9.17) is 35.3 Å². The van der Waals surface area contributed by atoms with Crippen LogP contribution in [0.25, 0.3) is 5.82 Å². The first kappa shape index (κ1) is 26.9. The second-order valence-corrected chi connectivity index (χ2v) is 8.32. The maximum Gasteiger partial charge on any atom is 0.349 e. The zero-order valence-corrected chi connectivity index (χ0v) is 21.2. The summed E-state index contributed by atoms with van der Waals surface area (Å²) in [5.74, 6) is 1.09. The third-order valence-corrected chi connectivity index (χ3v) is 5.53. The van der Waals surface area contributed by atoms with Crippen LogP contribution in [0.4, 0.5) is 5.69 Å². The molecule has 5 rings (SSSR count). The summed E-state index contributed by atoms with van der Waals surface area (Å²) in [5, 5.41) is 23.0. The topological polar surface area (TPSA) is 190 Å². The average Bonchev–Trinajstić information content (AvgIpc) is 3.32. The number of aliphatic carboxylic acids is 1. The minimum atomic E-state index is -0.833. The molecule has 3 heterocycles. The van der Waals surface area contributed by atoms with Crippen LogP contribution in [0.5, 0.6) is 11.5 Å². The van der Waals surface area contributed by atoms with Crippen LogP contribution >= 0.6 is 0 Å². The number of nitrogens with two attached hydrogens (primary N) is 1. The van der Waals surface area contributed by atoms with Crippen LogP contribution in [0.3, 0.4) is 0 Å². The number of ether oxygens (including phenoxy) is 3. The number of nitrogen functional groups attached to an aromatic ring is 1. The molecule has 2 aromatic carbocycles. The number of methoxy groups -OCH3 is 1. The number of benzene rings is 2. The van der Waals surface area contributed by atoms with Gasteiger partial charge in [0.05, 0.1) is 13.7 Å². The second-order valence-electron chi connectivity index (χ2n) is 8.32. The van der Waals surface area contributed by atoms with Crippen LogP contribution in [-0.2, 0) is 16.1 Å². The van der Waals surface area contributed by atoms with E-state index < -0.39 is 17.7 Å². The van der Waals surface area contributed by atoms with E-state index in [1.54, 1.807) is 55.8 Å². The minimum absolute atomic E-state index is 0.0223. The van der Waals surface area contributed by atoms with E-state index in [2.05, 4.69) is 20.4 Å². The summed E-state index contributed by atoms with van der Waals surface area (Å²) in [5.41, 5.74) is 8.08. The van der Waals surface area contributed by atoms with Crippen LogP contribution in [0.15, 0.2) is 65.6 Å². The molecular formula is C26H27N7O6. The molecule has 0 fully saturated rings. The number of hydrogen-bond donors (Lipinski definition) is 5. The Balaban J connectivity index is 0.000000826. The van der Waals surface area contributed by atoms with E-state index in [0.29, 0.717) is 35.3 Å². The molecule has 202 valence electrons. The molecule has 4 aromatic rings. The van der Waals surface area contributed by atoms with Crippen molar-refractivity contribution in [2.75, 3.05) is 19.2 Å². The molecule has 13 heteroatoms. The van der Waals surface area contributed by atoms with Gasteiger partial charge in [-0.25, -0.2) is 9.78 Å². The number of carbonyl (C=O) groups is 1. The van der Waals surface area contributed by atoms with Crippen molar-refractivity contribution in [3.05, 3.63) is 93.8 Å². The number of nitrogens with zero attached hydrogens (tertiary/aromatic N) is 3. The van der Waals surface area contributed by atoms with Crippen LogP contribution in [0, 0.1) is 5.41 Å². The Bertz CT molecular complexity index is 1500. The Morgan fingerprint density at radius 3 is 2.64 bits per heavy atom. The van der Waals surface area contributed by atoms with Gasteiger partial charge in [-0.2, -0.15) is 4.68 Å². The van der Waals surface area contributed by atoms with Crippen molar-refractivity contribution in [3.8, 4) is 17.3 Å². The lowest BCUT2D eigenvalue weighted by atomic mass is 10.0. The van der Waals surface area contributed by atoms with Crippen LogP contribution in [-0.4, -0.2) is 50.6 Å². The van der Waals surface area contributed by atoms with E-state index >= 15 is 0 Å². The molecular weight excluding hydrogens is 506 g/mol. The highest BCUT2D eigenvalue weighted by Gasteiger charge is 2.25. The number of H-pyrrole nitrogens is 1. The molecule has 13 nitrogen and oxygen atoms in total. The highest BCUT2D eigenvalue weighted by atomic mass is 16.7. The van der Waals surface area contributed by atoms with Gasteiger partial charge < -0.3 is 30.4 Å². The van der Waals surface area contributed by atoms with Gasteiger partial charge in [0, 0.05) is 29.9 Å². The molecule has 39 heavy (non-hydrogen) atoms. The van der Waals surface area contributed by atoms with E-state index in [9.17, 15) is 4.79 Å². The monoisotopic (exact) mass is 533 g/mol. The molecule has 0 spiro atoms. The number of nitrogens with one attached hydrogen (secondary N) is 3. The number of fused-ring (bicyclic) bond motifs is 1. The van der Waals surface area contributed by atoms with Crippen molar-refractivity contribution in [2.45, 2.75) is 19.6 Å². The number of carboxylic acid groups (broad SMARTS) is 1. The minimum Gasteiger partial charge on any atom is -0.493 e. The number of carboxylic acids is 1. The summed E-state index contributed by atoms with van der Waals surface area (Å²) in [6, 6.07) is 15.5. The standard InChI is InChI=1S/C24H23N7O4.C2H4O2/c1-33-18-11-15(10-16-12-34-13-35-21(16)18)20(28-17-7-5-14(6-8-17)22(25)26)23-29-24(32)31(30-23)19-4-2-3-9-27-19;1-2(3)4/h2-11,20,28H,12-13H2,1H3,(H3,25,26)(H,29,30,32);1H3,(H,3,4). The lowest BCUT2D eigenvalue weighted by Crippen LogP contribution is -2.18. The Morgan fingerprint density at radius 2 is 2.00 bits per heavy atom. The van der Waals surface area contributed by atoms with Crippen LogP contribution < -0.4 is 26.2 Å². The average molecular weight is 534 g/mol. The number of anilines is 1. The summed E-state index contributed by atoms with van der Waals surface area (Å²) in [4.78, 5) is 28.9. The molecule has 0 saturated carbocycles. The van der Waals surface area contributed by atoms with E-state index in [1.807, 2.05) is 12.1 Å². The molecule has 1 atom stereocenters. The molecule has 1 aliphatic heterocycles. The van der Waals surface area contributed by atoms with Crippen molar-refractivity contribution in [1.29, 1.82) is 5.41 Å². The first-order chi connectivity index (χ1) is 18.8. The van der Waals surface area contributed by atoms with Gasteiger partial charge in [0.25, 0.3) is 5.97 Å². The fourth-order valence-corrected chi connectivity index (χ4v) is 3.85. The van der Waals surface area contributed by atoms with Gasteiger partial charge in [0.1, 0.15) is 11.9 Å². The van der Waals surface area contributed by atoms with Crippen LogP contribution in [0.2, 0.25) is 0 Å². The summed E-state index contributed by atoms with van der Waals surface area (Å²) < 4.78 is 17.9. The van der Waals surface area contributed by atoms with Gasteiger partial charge >= 0.3 is 5.69 Å². The summed E-state index contributed by atoms with van der Waals surface area (Å²) in [7, 11) is 1.57. The third kappa shape index (κ3) is 6.40. The van der Waals surface area contributed by atoms with Crippen molar-refractivity contribution >= 4 is 17.5 Å². The SMILES string of the molecule is CC(=O)O.COc1cc(C(Nc2ccc(C(=N)N)cc2)c2nn(-c3ccccn3)c(=O)[nH]2)cc2c1OCOC2. The first-order valence-electron chi connectivity index (χ1n) is 11.7. The predicted molar refractivity (Wildman–Crippen MR) is 141 cm³/mol. The molecule has 6 N–H and O–H groups in total. The van der Waals surface area contributed by atoms with Gasteiger partial charge in [-0.05, 0) is 54.1 Å². The second kappa shape index (κ2) is 11.9. The van der Waals surface area contributed by atoms with E-state index in [1.165, 1.54) is 4.68 Å². The van der Waals surface area contributed by atoms with E-state index in [-0.39, 0.29) is 12.6 Å². The van der Waals surface area contributed by atoms with E-state index in [0.717, 1.165) is 23.7 Å². The summed E-state index contributed by atoms with van der Waals surface area (Å²) in [6.07, 6.45) is 1.59. The summed E-state index contributed by atoms with van der Waals surface area (Å²) >= 11 is 0. The molecule has 0 aliphatic carbocycles. The molecule has 0 saturated heterocycles. The largest absolute Gasteiger partial charge is 0.493 e. The number of amidine groups is 1. The van der Waals surface area contributed by atoms with Crippen LogP contribution in [0.1, 0.15) is 35.5 Å². The Labute approximate surface area is 222 Å². The quantitative estimate of drug-likeness (QED) is 0.174. The van der Waals surface area contributed by atoms with Gasteiger partial charge in [0.2, 0.25) is 0 Å². The highest BCUT2D eigenvalue weighted by Crippen LogP contribution is 2.38. The lowest BCUT2D eigenvalue weighted by molar-refractivity contribution is -0.134. The third-order valence-electron chi connectivity index (χ3n) is 5.53. The first-order valence-corrected chi connectivity index (χ1v) is 11.7. The van der Waals surface area contributed by atoms with Gasteiger partial charge in [-0.3, -0.25) is 15.2 Å². The number of rotatable bonds is 7. The normalized spacial score (nSPS) is 12.7. The van der Waals surface area contributed by atoms with Crippen molar-refractivity contribution < 1.29 is 24.1 Å². The molecule has 1 aliphatic rings. The highest BCUT2D eigenvalue weighted by molar-refractivity contribution is 5.95. The number of aromatic amines is 1. The van der Waals surface area contributed by atoms with Gasteiger partial charge in [-0.15, -0.1) is 5.10 Å². The van der Waals surface area contributed by atoms with Crippen molar-refractivity contribution in [1.82, 2.24) is 19.7 Å². The number of aromatic nitrogens is 4. The van der Waals surface area contributed by atoms with Crippen molar-refractivity contribution in [2.24, 2.45) is 5.73 Å². The maximum atomic E-state index is 12.8. The van der Waals surface area contributed by atoms with Gasteiger partial charge in [-0.1, -0.05) is 6.07 Å². The fraction of sp³-hybridized carbons (Fsp3) is 0.192. The van der Waals surface area contributed by atoms with Crippen molar-refractivity contribution in [3.63, 3.8) is 0 Å². The molecule has 0 bridgehead atoms. The molecule has 2 aromatic heterocycles. The lowest BCUT2D eigenvalue weighted by Gasteiger charge is -2.24. The predicted octanol–water partition coefficient (Wildman–Crippen LogP) is 2.41. The Kier molecular flexibility index (Phi) is 8.21. The summed E-state index contributed by atoms with van der Waals surface area (Å²) in [6.45, 7) is 1.59. The zero-order chi connectivity index (χ0) is 27.9. The smallest absolute Gasteiger partial charge is 0.349 e. The molecule has 0 radical (unpaired) electrons. The number of hydrogen-bond acceptors (Lipinski definition) is 9. The fourth-order valence-electron chi connectivity index (χ4n) is 3.85. The Hall–Kier alpha value is -5.17. The zero-order valence-electron chi connectivity index (χ0n) is 21.2. The molecule has 1 unspecified atom stereocenters. The van der Waals surface area contributed by atoms with Gasteiger partial charge in [0.15, 0.2) is 29.9 Å². The maximum absolute atomic E-state index is 12.8. The molecule has 0 amide bonds.